The summed E-state index contributed by atoms with van der Waals surface area (Å²) in [5.41, 5.74) is 1.34. The minimum absolute atomic E-state index is 0.0295. The van der Waals surface area contributed by atoms with Gasteiger partial charge in [-0.05, 0) is 24.7 Å². The van der Waals surface area contributed by atoms with Gasteiger partial charge in [0.1, 0.15) is 23.2 Å². The number of carboxylic acid groups (broad SMARTS) is 1. The summed E-state index contributed by atoms with van der Waals surface area (Å²) in [6.07, 6.45) is 2.59. The number of halogens is 1. The number of nitrogens with zero attached hydrogens (tertiary/aromatic N) is 3. The first-order chi connectivity index (χ1) is 15.5. The maximum Gasteiger partial charge on any atom is 0.339 e. The minimum Gasteiger partial charge on any atom is -0.507 e. The van der Waals surface area contributed by atoms with Crippen molar-refractivity contribution in [2.24, 2.45) is 0 Å². The number of rotatable bonds is 4. The van der Waals surface area contributed by atoms with E-state index < -0.39 is 18.0 Å². The first kappa shape index (κ1) is 20.4. The molecule has 0 aliphatic carbocycles. The van der Waals surface area contributed by atoms with Gasteiger partial charge < -0.3 is 19.5 Å². The summed E-state index contributed by atoms with van der Waals surface area (Å²) >= 11 is 0. The van der Waals surface area contributed by atoms with Crippen LogP contribution in [0.4, 0.5) is 4.39 Å². The Balaban J connectivity index is 1.86. The highest BCUT2D eigenvalue weighted by Gasteiger charge is 2.33. The molecule has 8 heteroatoms. The van der Waals surface area contributed by atoms with Gasteiger partial charge in [0.05, 0.1) is 6.04 Å². The van der Waals surface area contributed by atoms with Crippen molar-refractivity contribution in [1.82, 2.24) is 14.8 Å². The molecule has 4 aromatic rings. The minimum atomic E-state index is -1.15. The fourth-order valence-corrected chi connectivity index (χ4v) is 4.63. The number of carbonyl (C=O) groups is 1. The highest BCUT2D eigenvalue weighted by Crippen LogP contribution is 2.46. The molecule has 0 spiro atoms. The zero-order valence-electron chi connectivity index (χ0n) is 17.5. The van der Waals surface area contributed by atoms with Crippen LogP contribution in [-0.4, -0.2) is 64.2 Å². The Hall–Kier alpha value is -3.49. The molecule has 5 rings (SSSR count). The summed E-state index contributed by atoms with van der Waals surface area (Å²) in [6, 6.07) is 9.62. The van der Waals surface area contributed by atoms with E-state index >= 15 is 0 Å². The quantitative estimate of drug-likeness (QED) is 0.471. The first-order valence-corrected chi connectivity index (χ1v) is 10.4. The van der Waals surface area contributed by atoms with Crippen molar-refractivity contribution in [3.63, 3.8) is 0 Å². The number of hydrogen-bond donors (Lipinski definition) is 2. The van der Waals surface area contributed by atoms with E-state index in [2.05, 4.69) is 14.8 Å². The second-order valence-corrected chi connectivity index (χ2v) is 8.12. The highest BCUT2D eigenvalue weighted by molar-refractivity contribution is 6.15. The average molecular weight is 435 g/mol. The molecule has 0 bridgehead atoms. The molecule has 7 nitrogen and oxygen atoms in total. The van der Waals surface area contributed by atoms with Gasteiger partial charge in [0.2, 0.25) is 5.95 Å². The number of benzene rings is 2. The molecule has 1 unspecified atom stereocenters. The molecule has 1 saturated heterocycles. The molecule has 2 aromatic carbocycles. The predicted molar refractivity (Wildman–Crippen MR) is 117 cm³/mol. The largest absolute Gasteiger partial charge is 0.507 e. The van der Waals surface area contributed by atoms with Crippen LogP contribution in [-0.2, 0) is 0 Å². The SMILES string of the molecule is CN1CCN(C(c2ccnc(F)c2)c2c(O)c3ccccc3c3occ(C(=O)O)c23)CC1. The molecule has 3 heterocycles. The fraction of sp³-hybridized carbons (Fsp3) is 0.250. The third kappa shape index (κ3) is 3.28. The van der Waals surface area contributed by atoms with Crippen LogP contribution in [0.1, 0.15) is 27.5 Å². The third-order valence-corrected chi connectivity index (χ3v) is 6.22. The zero-order valence-corrected chi connectivity index (χ0v) is 17.5. The van der Waals surface area contributed by atoms with Crippen molar-refractivity contribution < 1.29 is 23.8 Å². The van der Waals surface area contributed by atoms with Gasteiger partial charge >= 0.3 is 5.97 Å². The van der Waals surface area contributed by atoms with E-state index in [0.717, 1.165) is 13.1 Å². The number of likely N-dealkylation sites (N-methyl/N-ethyl adjacent to an activating group) is 1. The van der Waals surface area contributed by atoms with Crippen molar-refractivity contribution in [3.8, 4) is 5.75 Å². The maximum absolute atomic E-state index is 14.2. The van der Waals surface area contributed by atoms with Crippen molar-refractivity contribution in [3.05, 3.63) is 71.5 Å². The van der Waals surface area contributed by atoms with Crippen LogP contribution in [0.2, 0.25) is 0 Å². The summed E-state index contributed by atoms with van der Waals surface area (Å²) in [6.45, 7) is 2.91. The van der Waals surface area contributed by atoms with Crippen molar-refractivity contribution in [2.75, 3.05) is 33.2 Å². The van der Waals surface area contributed by atoms with Gasteiger partial charge in [0, 0.05) is 54.1 Å². The maximum atomic E-state index is 14.2. The molecular formula is C24H22FN3O4. The number of piperazine rings is 1. The number of phenolic OH excluding ortho intramolecular Hbond substituents is 1. The molecule has 2 N–H and O–H groups in total. The molecular weight excluding hydrogens is 413 g/mol. The Bertz CT molecular complexity index is 1330. The molecule has 2 aromatic heterocycles. The van der Waals surface area contributed by atoms with Crippen LogP contribution in [0.15, 0.2) is 53.3 Å². The number of pyridine rings is 1. The number of furan rings is 1. The lowest BCUT2D eigenvalue weighted by molar-refractivity contribution is 0.0697. The number of phenols is 1. The van der Waals surface area contributed by atoms with Crippen LogP contribution in [0.25, 0.3) is 21.7 Å². The number of aromatic nitrogens is 1. The number of hydrogen-bond acceptors (Lipinski definition) is 6. The van der Waals surface area contributed by atoms with Crippen molar-refractivity contribution in [2.45, 2.75) is 6.04 Å². The van der Waals surface area contributed by atoms with E-state index in [1.807, 2.05) is 7.05 Å². The lowest BCUT2D eigenvalue weighted by Crippen LogP contribution is -2.46. The summed E-state index contributed by atoms with van der Waals surface area (Å²) in [5.74, 6) is -1.82. The van der Waals surface area contributed by atoms with Crippen molar-refractivity contribution in [1.29, 1.82) is 0 Å². The normalized spacial score (nSPS) is 16.6. The molecule has 0 saturated carbocycles. The molecule has 1 atom stereocenters. The Morgan fingerprint density at radius 3 is 2.56 bits per heavy atom. The van der Waals surface area contributed by atoms with E-state index in [1.54, 1.807) is 30.3 Å². The number of fused-ring (bicyclic) bond motifs is 3. The topological polar surface area (TPSA) is 90.0 Å². The van der Waals surface area contributed by atoms with Crippen LogP contribution in [0, 0.1) is 5.95 Å². The van der Waals surface area contributed by atoms with E-state index in [4.69, 9.17) is 4.42 Å². The molecule has 1 aliphatic heterocycles. The molecule has 1 aliphatic rings. The van der Waals surface area contributed by atoms with Gasteiger partial charge in [0.15, 0.2) is 0 Å². The van der Waals surface area contributed by atoms with Crippen molar-refractivity contribution >= 4 is 27.7 Å². The standard InChI is InChI=1S/C24H22FN3O4/c1-27-8-10-28(11-9-27)21(14-6-7-26-18(25)12-14)20-19-17(24(30)31)13-32-23(19)16-5-3-2-4-15(16)22(20)29/h2-7,12-13,21,29H,8-11H2,1H3,(H,30,31). The van der Waals surface area contributed by atoms with Gasteiger partial charge in [-0.1, -0.05) is 24.3 Å². The van der Waals surface area contributed by atoms with Crippen LogP contribution >= 0.6 is 0 Å². The van der Waals surface area contributed by atoms with E-state index in [9.17, 15) is 19.4 Å². The second kappa shape index (κ2) is 7.89. The molecule has 0 radical (unpaired) electrons. The Kier molecular flexibility index (Phi) is 5.03. The summed E-state index contributed by atoms with van der Waals surface area (Å²) in [5, 5.41) is 22.8. The smallest absolute Gasteiger partial charge is 0.339 e. The van der Waals surface area contributed by atoms with Crippen LogP contribution in [0.5, 0.6) is 5.75 Å². The summed E-state index contributed by atoms with van der Waals surface area (Å²) in [7, 11) is 2.03. The van der Waals surface area contributed by atoms with E-state index in [1.165, 1.54) is 18.5 Å². The van der Waals surface area contributed by atoms with Gasteiger partial charge in [-0.2, -0.15) is 4.39 Å². The molecule has 1 fully saturated rings. The molecule has 0 amide bonds. The van der Waals surface area contributed by atoms with E-state index in [0.29, 0.717) is 46.0 Å². The van der Waals surface area contributed by atoms with E-state index in [-0.39, 0.29) is 11.3 Å². The number of aromatic hydroxyl groups is 1. The summed E-state index contributed by atoms with van der Waals surface area (Å²) < 4.78 is 19.9. The monoisotopic (exact) mass is 435 g/mol. The van der Waals surface area contributed by atoms with Gasteiger partial charge in [-0.25, -0.2) is 9.78 Å². The lowest BCUT2D eigenvalue weighted by atomic mass is 9.89. The average Bonchev–Trinajstić information content (AvgIpc) is 3.23. The predicted octanol–water partition coefficient (Wildman–Crippen LogP) is 3.86. The second-order valence-electron chi connectivity index (χ2n) is 8.12. The third-order valence-electron chi connectivity index (χ3n) is 6.22. The Morgan fingerprint density at radius 2 is 1.88 bits per heavy atom. The number of aromatic carboxylic acids is 1. The lowest BCUT2D eigenvalue weighted by Gasteiger charge is -2.39. The van der Waals surface area contributed by atoms with Gasteiger partial charge in [-0.15, -0.1) is 0 Å². The fourth-order valence-electron chi connectivity index (χ4n) is 4.63. The number of carboxylic acids is 1. The zero-order chi connectivity index (χ0) is 22.4. The first-order valence-electron chi connectivity index (χ1n) is 10.4. The van der Waals surface area contributed by atoms with Gasteiger partial charge in [-0.3, -0.25) is 4.90 Å². The molecule has 164 valence electrons. The Morgan fingerprint density at radius 1 is 1.16 bits per heavy atom. The van der Waals surface area contributed by atoms with Crippen LogP contribution in [0.3, 0.4) is 0 Å². The molecule has 32 heavy (non-hydrogen) atoms. The highest BCUT2D eigenvalue weighted by atomic mass is 19.1. The Labute approximate surface area is 183 Å². The van der Waals surface area contributed by atoms with Gasteiger partial charge in [0.25, 0.3) is 0 Å². The van der Waals surface area contributed by atoms with Crippen LogP contribution < -0.4 is 0 Å². The summed E-state index contributed by atoms with van der Waals surface area (Å²) in [4.78, 5) is 20.1.